The Labute approximate surface area is 210 Å². The number of benzene rings is 2. The highest BCUT2D eigenvalue weighted by Crippen LogP contribution is 2.31. The van der Waals surface area contributed by atoms with Crippen molar-refractivity contribution in [1.29, 1.82) is 0 Å². The number of allylic oxidation sites excluding steroid dienone is 1. The van der Waals surface area contributed by atoms with Gasteiger partial charge in [0.05, 0.1) is 35.1 Å². The summed E-state index contributed by atoms with van der Waals surface area (Å²) < 4.78 is 12.8. The maximum Gasteiger partial charge on any atom is 0.338 e. The number of carbonyl (C=O) groups excluding carboxylic acids is 1. The normalized spacial score (nSPS) is 15.7. The van der Waals surface area contributed by atoms with Crippen molar-refractivity contribution in [3.63, 3.8) is 0 Å². The molecule has 34 heavy (non-hydrogen) atoms. The first-order valence-corrected chi connectivity index (χ1v) is 12.3. The van der Waals surface area contributed by atoms with Gasteiger partial charge in [0.15, 0.2) is 4.80 Å². The van der Waals surface area contributed by atoms with Crippen molar-refractivity contribution >= 4 is 46.6 Å². The zero-order chi connectivity index (χ0) is 24.4. The summed E-state index contributed by atoms with van der Waals surface area (Å²) in [4.78, 5) is 31.6. The lowest BCUT2D eigenvalue weighted by Gasteiger charge is -2.24. The van der Waals surface area contributed by atoms with Gasteiger partial charge in [0, 0.05) is 10.0 Å². The number of hydrogen-bond acceptors (Lipinski definition) is 6. The highest BCUT2D eigenvalue weighted by molar-refractivity contribution is 7.07. The first-order chi connectivity index (χ1) is 16.3. The van der Waals surface area contributed by atoms with Gasteiger partial charge >= 0.3 is 5.97 Å². The van der Waals surface area contributed by atoms with Crippen molar-refractivity contribution in [2.75, 3.05) is 13.2 Å². The van der Waals surface area contributed by atoms with Crippen LogP contribution in [0.15, 0.2) is 63.5 Å². The summed E-state index contributed by atoms with van der Waals surface area (Å²) in [5.74, 6) is 0.201. The minimum Gasteiger partial charge on any atom is -0.494 e. The molecule has 0 spiro atoms. The zero-order valence-electron chi connectivity index (χ0n) is 18.8. The number of carbonyl (C=O) groups is 1. The predicted molar refractivity (Wildman–Crippen MR) is 134 cm³/mol. The molecule has 0 fully saturated rings. The van der Waals surface area contributed by atoms with E-state index >= 15 is 0 Å². The minimum atomic E-state index is -0.686. The summed E-state index contributed by atoms with van der Waals surface area (Å²) in [5.41, 5.74) is 1.97. The first kappa shape index (κ1) is 24.3. The van der Waals surface area contributed by atoms with Crippen molar-refractivity contribution in [1.82, 2.24) is 4.57 Å². The van der Waals surface area contributed by atoms with Gasteiger partial charge in [-0.2, -0.15) is 0 Å². The molecule has 0 saturated heterocycles. The number of nitrogens with zero attached hydrogens (tertiary/aromatic N) is 2. The Balaban J connectivity index is 1.92. The molecule has 1 atom stereocenters. The van der Waals surface area contributed by atoms with E-state index in [0.717, 1.165) is 5.56 Å². The Bertz CT molecular complexity index is 1460. The molecule has 0 aliphatic carbocycles. The lowest BCUT2D eigenvalue weighted by Crippen LogP contribution is -2.39. The molecule has 1 unspecified atom stereocenters. The topological polar surface area (TPSA) is 69.9 Å². The van der Waals surface area contributed by atoms with E-state index in [1.165, 1.54) is 15.9 Å². The molecule has 9 heteroatoms. The molecule has 6 nitrogen and oxygen atoms in total. The summed E-state index contributed by atoms with van der Waals surface area (Å²) >= 11 is 13.6. The molecule has 0 saturated carbocycles. The molecule has 2 aromatic carbocycles. The average molecular weight is 517 g/mol. The van der Waals surface area contributed by atoms with Crippen molar-refractivity contribution in [2.45, 2.75) is 26.8 Å². The Morgan fingerprint density at radius 3 is 2.53 bits per heavy atom. The van der Waals surface area contributed by atoms with Crippen LogP contribution in [0.3, 0.4) is 0 Å². The van der Waals surface area contributed by atoms with Gasteiger partial charge < -0.3 is 9.47 Å². The lowest BCUT2D eigenvalue weighted by molar-refractivity contribution is -0.139. The molecule has 1 aromatic heterocycles. The van der Waals surface area contributed by atoms with E-state index < -0.39 is 12.0 Å². The zero-order valence-corrected chi connectivity index (χ0v) is 21.1. The van der Waals surface area contributed by atoms with Gasteiger partial charge in [0.2, 0.25) is 0 Å². The molecular formula is C25H22Cl2N2O4S. The maximum atomic E-state index is 13.6. The van der Waals surface area contributed by atoms with Crippen LogP contribution in [-0.4, -0.2) is 23.8 Å². The van der Waals surface area contributed by atoms with E-state index in [-0.39, 0.29) is 12.2 Å². The second-order valence-corrected chi connectivity index (χ2v) is 9.32. The van der Waals surface area contributed by atoms with Crippen LogP contribution in [-0.2, 0) is 9.53 Å². The van der Waals surface area contributed by atoms with Crippen molar-refractivity contribution in [2.24, 2.45) is 4.99 Å². The van der Waals surface area contributed by atoms with Gasteiger partial charge in [0.1, 0.15) is 5.75 Å². The Kier molecular flexibility index (Phi) is 7.26. The second kappa shape index (κ2) is 10.2. The third kappa shape index (κ3) is 4.69. The standard InChI is InChI=1S/C25H22Cl2N2O4S/c1-4-32-18-10-7-15(8-11-18)22-21(24(31)33-5-2)14(3)28-25-29(22)23(30)20(34-25)12-16-6-9-17(26)13-19(16)27/h6-13,22H,4-5H2,1-3H3/b20-12-. The summed E-state index contributed by atoms with van der Waals surface area (Å²) in [6.45, 7) is 6.15. The Morgan fingerprint density at radius 2 is 1.88 bits per heavy atom. The fourth-order valence-electron chi connectivity index (χ4n) is 3.78. The van der Waals surface area contributed by atoms with E-state index in [4.69, 9.17) is 32.7 Å². The van der Waals surface area contributed by atoms with Crippen LogP contribution in [0.25, 0.3) is 6.08 Å². The fraction of sp³-hybridized carbons (Fsp3) is 0.240. The molecule has 3 aromatic rings. The number of aromatic nitrogens is 1. The molecule has 0 amide bonds. The summed E-state index contributed by atoms with van der Waals surface area (Å²) in [7, 11) is 0. The van der Waals surface area contributed by atoms with Gasteiger partial charge in [-0.15, -0.1) is 0 Å². The molecule has 176 valence electrons. The van der Waals surface area contributed by atoms with Crippen molar-refractivity contribution in [3.05, 3.63) is 94.6 Å². The number of thiazole rings is 1. The Morgan fingerprint density at radius 1 is 1.15 bits per heavy atom. The maximum absolute atomic E-state index is 13.6. The lowest BCUT2D eigenvalue weighted by atomic mass is 9.96. The second-order valence-electron chi connectivity index (χ2n) is 7.47. The van der Waals surface area contributed by atoms with Crippen LogP contribution in [0.5, 0.6) is 5.75 Å². The van der Waals surface area contributed by atoms with Crippen molar-refractivity contribution in [3.8, 4) is 5.75 Å². The van der Waals surface area contributed by atoms with Crippen LogP contribution in [0, 0.1) is 0 Å². The van der Waals surface area contributed by atoms with Gasteiger partial charge in [-0.05, 0) is 62.2 Å². The van der Waals surface area contributed by atoms with Crippen LogP contribution in [0.2, 0.25) is 10.0 Å². The van der Waals surface area contributed by atoms with Crippen LogP contribution in [0.1, 0.15) is 37.9 Å². The highest BCUT2D eigenvalue weighted by atomic mass is 35.5. The summed E-state index contributed by atoms with van der Waals surface area (Å²) in [6.07, 6.45) is 1.71. The van der Waals surface area contributed by atoms with Gasteiger partial charge in [-0.1, -0.05) is 52.7 Å². The summed E-state index contributed by atoms with van der Waals surface area (Å²) in [5, 5.41) is 0.943. The number of esters is 1. The third-order valence-electron chi connectivity index (χ3n) is 5.27. The monoisotopic (exact) mass is 516 g/mol. The molecule has 1 aliphatic heterocycles. The largest absolute Gasteiger partial charge is 0.494 e. The molecule has 1 aliphatic rings. The van der Waals surface area contributed by atoms with Crippen LogP contribution >= 0.6 is 34.5 Å². The number of rotatable bonds is 6. The van der Waals surface area contributed by atoms with E-state index in [9.17, 15) is 9.59 Å². The van der Waals surface area contributed by atoms with Crippen molar-refractivity contribution < 1.29 is 14.3 Å². The molecule has 0 radical (unpaired) electrons. The van der Waals surface area contributed by atoms with E-state index in [2.05, 4.69) is 4.99 Å². The van der Waals surface area contributed by atoms with Gasteiger partial charge in [-0.3, -0.25) is 9.36 Å². The van der Waals surface area contributed by atoms with Gasteiger partial charge in [-0.25, -0.2) is 9.79 Å². The molecular weight excluding hydrogens is 495 g/mol. The minimum absolute atomic E-state index is 0.213. The number of ether oxygens (including phenoxy) is 2. The van der Waals surface area contributed by atoms with Crippen LogP contribution < -0.4 is 19.6 Å². The highest BCUT2D eigenvalue weighted by Gasteiger charge is 2.33. The molecule has 0 bridgehead atoms. The SMILES string of the molecule is CCOC(=O)C1=C(C)N=c2s/c(=C\c3ccc(Cl)cc3Cl)c(=O)n2C1c1ccc(OCC)cc1. The predicted octanol–water partition coefficient (Wildman–Crippen LogP) is 4.50. The molecule has 4 rings (SSSR count). The third-order valence-corrected chi connectivity index (χ3v) is 6.82. The quantitative estimate of drug-likeness (QED) is 0.452. The number of fused-ring (bicyclic) bond motifs is 1. The molecule has 2 heterocycles. The smallest absolute Gasteiger partial charge is 0.338 e. The first-order valence-electron chi connectivity index (χ1n) is 10.7. The Hall–Kier alpha value is -2.87. The van der Waals surface area contributed by atoms with E-state index in [1.807, 2.05) is 31.2 Å². The number of hydrogen-bond donors (Lipinski definition) is 0. The fourth-order valence-corrected chi connectivity index (χ4v) is 5.28. The van der Waals surface area contributed by atoms with Crippen LogP contribution in [0.4, 0.5) is 0 Å². The van der Waals surface area contributed by atoms with E-state index in [1.54, 1.807) is 38.1 Å². The van der Waals surface area contributed by atoms with E-state index in [0.29, 0.717) is 48.6 Å². The average Bonchev–Trinajstić information content (AvgIpc) is 3.10. The summed E-state index contributed by atoms with van der Waals surface area (Å²) in [6, 6.07) is 11.7. The molecule has 0 N–H and O–H groups in total. The van der Waals surface area contributed by atoms with Gasteiger partial charge in [0.25, 0.3) is 5.56 Å². The number of halogens is 2.